The van der Waals surface area contributed by atoms with Crippen LogP contribution >= 0.6 is 24.8 Å². The molecule has 0 aromatic heterocycles. The Hall–Kier alpha value is -1.97. The van der Waals surface area contributed by atoms with Crippen LogP contribution in [0.1, 0.15) is 70.2 Å². The van der Waals surface area contributed by atoms with Crippen molar-refractivity contribution in [3.8, 4) is 11.1 Å². The van der Waals surface area contributed by atoms with Crippen LogP contribution in [0.4, 0.5) is 0 Å². The van der Waals surface area contributed by atoms with Gasteiger partial charge in [-0.15, -0.1) is 24.8 Å². The van der Waals surface area contributed by atoms with Crippen molar-refractivity contribution in [1.82, 2.24) is 0 Å². The molecule has 4 aromatic carbocycles. The molecular formula is C38H44Cl2HfSi. The van der Waals surface area contributed by atoms with Crippen LogP contribution in [-0.2, 0) is 34.4 Å². The molecule has 6 rings (SSSR count). The second-order valence-corrected chi connectivity index (χ2v) is 44.5. The van der Waals surface area contributed by atoms with Crippen LogP contribution in [0.3, 0.4) is 0 Å². The van der Waals surface area contributed by atoms with Crippen molar-refractivity contribution in [2.45, 2.75) is 65.2 Å². The maximum atomic E-state index is 2.66. The smallest absolute Gasteiger partial charge is 0.147 e. The van der Waals surface area contributed by atoms with E-state index in [-0.39, 0.29) is 35.6 Å². The summed E-state index contributed by atoms with van der Waals surface area (Å²) in [5.74, 6) is 0. The second-order valence-electron chi connectivity index (χ2n) is 14.1. The zero-order chi connectivity index (χ0) is 28.4. The number of allylic oxidation sites excluding steroid dienone is 4. The molecular weight excluding hydrogens is 734 g/mol. The van der Waals surface area contributed by atoms with Gasteiger partial charge in [-0.05, 0) is 0 Å². The monoisotopic (exact) mass is 778 g/mol. The first-order valence-corrected chi connectivity index (χ1v) is 30.3. The van der Waals surface area contributed by atoms with E-state index in [0.717, 1.165) is 12.8 Å². The summed E-state index contributed by atoms with van der Waals surface area (Å²) in [6.07, 6.45) is 9.23. The molecule has 2 aliphatic carbocycles. The molecule has 4 heteroatoms. The van der Waals surface area contributed by atoms with Crippen LogP contribution in [0, 0.1) is 0 Å². The molecule has 0 aliphatic heterocycles. The van der Waals surface area contributed by atoms with Gasteiger partial charge in [-0.2, -0.15) is 0 Å². The molecule has 0 saturated heterocycles. The molecule has 0 unspecified atom stereocenters. The molecule has 0 saturated carbocycles. The van der Waals surface area contributed by atoms with Crippen LogP contribution in [-0.4, -0.2) is 6.94 Å². The molecule has 0 fully saturated rings. The molecule has 0 atom stereocenters. The maximum Gasteiger partial charge on any atom is -0.147 e. The third-order valence-corrected chi connectivity index (χ3v) is 47.0. The van der Waals surface area contributed by atoms with E-state index in [9.17, 15) is 0 Å². The van der Waals surface area contributed by atoms with Crippen molar-refractivity contribution in [3.63, 3.8) is 0 Å². The Bertz CT molecular complexity index is 1710. The van der Waals surface area contributed by atoms with Gasteiger partial charge in [-0.25, -0.2) is 0 Å². The standard InChI is InChI=1S/C21H25.2C6H5.C5H5.2ClH.Hf.H2Si/c1-20(2,3)16-9-7-14-11-15-8-10-17(21(4,5)6)13-19(15)18(14)12-16;2*1-2-4-6-5-3-1;1-2-4-5-3-1;;;;/h7,9-10,12-13H,11H2,1-6H3;2*1-5H;1-3H,4H2;2*1H;;1H2. The van der Waals surface area contributed by atoms with Crippen LogP contribution in [0.2, 0.25) is 0 Å². The Morgan fingerprint density at radius 1 is 0.643 bits per heavy atom. The molecule has 0 amide bonds. The minimum atomic E-state index is -4.54. The molecule has 0 radical (unpaired) electrons. The SMILES string of the molecule is CC(C)(C)c1ccc2c(c1)-c1cc(C(C)(C)C)c[c]([Hf](=[SiH2])([C]3=CC=CC3)([c]3ccccc3)[c]3ccccc3)c1C2.Cl.Cl. The molecule has 2 aliphatic rings. The Balaban J connectivity index is 0.00000202. The average molecular weight is 778 g/mol. The summed E-state index contributed by atoms with van der Waals surface area (Å²) in [5, 5.41) is 0. The quantitative estimate of drug-likeness (QED) is 0.162. The van der Waals surface area contributed by atoms with Gasteiger partial charge in [0.25, 0.3) is 0 Å². The van der Waals surface area contributed by atoms with Gasteiger partial charge in [0.15, 0.2) is 0 Å². The number of rotatable bonds is 4. The van der Waals surface area contributed by atoms with Crippen molar-refractivity contribution in [1.29, 1.82) is 0 Å². The summed E-state index contributed by atoms with van der Waals surface area (Å²) in [5.41, 5.74) is 8.99. The molecule has 218 valence electrons. The van der Waals surface area contributed by atoms with E-state index in [4.69, 9.17) is 0 Å². The van der Waals surface area contributed by atoms with E-state index in [1.54, 1.807) is 18.9 Å². The molecule has 42 heavy (non-hydrogen) atoms. The molecule has 4 aromatic rings. The fourth-order valence-corrected chi connectivity index (χ4v) is 38.4. The van der Waals surface area contributed by atoms with E-state index in [1.807, 2.05) is 0 Å². The minimum absolute atomic E-state index is 0. The first-order valence-electron chi connectivity index (χ1n) is 14.7. The van der Waals surface area contributed by atoms with Gasteiger partial charge in [0.05, 0.1) is 0 Å². The Morgan fingerprint density at radius 2 is 1.19 bits per heavy atom. The van der Waals surface area contributed by atoms with E-state index in [0.29, 0.717) is 0 Å². The van der Waals surface area contributed by atoms with Gasteiger partial charge in [-0.1, -0.05) is 0 Å². The fourth-order valence-electron chi connectivity index (χ4n) is 7.16. The van der Waals surface area contributed by atoms with Crippen LogP contribution in [0.15, 0.2) is 113 Å². The number of hydrogen-bond acceptors (Lipinski definition) is 0. The summed E-state index contributed by atoms with van der Waals surface area (Å²) in [6.45, 7) is 16.5. The molecule has 0 N–H and O–H groups in total. The number of halogens is 2. The van der Waals surface area contributed by atoms with Gasteiger partial charge in [0.2, 0.25) is 0 Å². The maximum absolute atomic E-state index is 4.54. The van der Waals surface area contributed by atoms with E-state index < -0.39 is 17.1 Å². The summed E-state index contributed by atoms with van der Waals surface area (Å²) >= 11 is -4.54. The summed E-state index contributed by atoms with van der Waals surface area (Å²) in [4.78, 5) is 0. The number of fused-ring (bicyclic) bond motifs is 3. The van der Waals surface area contributed by atoms with Crippen molar-refractivity contribution in [2.75, 3.05) is 0 Å². The van der Waals surface area contributed by atoms with Gasteiger partial charge in [0, 0.05) is 0 Å². The van der Waals surface area contributed by atoms with E-state index in [1.165, 1.54) is 27.8 Å². The predicted octanol–water partition coefficient (Wildman–Crippen LogP) is 8.05. The molecule has 0 heterocycles. The fraction of sp³-hybridized carbons (Fsp3) is 0.263. The first kappa shape index (κ1) is 32.9. The van der Waals surface area contributed by atoms with Crippen LogP contribution < -0.4 is 9.96 Å². The zero-order valence-corrected chi connectivity index (χ0v) is 32.5. The van der Waals surface area contributed by atoms with Crippen molar-refractivity contribution >= 4 is 41.7 Å². The largest absolute Gasteiger partial charge is 0.147 e. The topological polar surface area (TPSA) is 0 Å². The molecule has 0 bridgehead atoms. The Kier molecular flexibility index (Phi) is 9.02. The molecule has 0 spiro atoms. The van der Waals surface area contributed by atoms with Crippen LogP contribution in [0.5, 0.6) is 0 Å². The van der Waals surface area contributed by atoms with E-state index >= 15 is 0 Å². The normalized spacial score (nSPS) is 14.4. The van der Waals surface area contributed by atoms with Gasteiger partial charge in [0.1, 0.15) is 0 Å². The van der Waals surface area contributed by atoms with E-state index in [2.05, 4.69) is 158 Å². The van der Waals surface area contributed by atoms with Gasteiger partial charge in [-0.3, -0.25) is 0 Å². The third-order valence-electron chi connectivity index (χ3n) is 9.65. The first-order chi connectivity index (χ1) is 18.9. The van der Waals surface area contributed by atoms with Crippen LogP contribution in [0.25, 0.3) is 11.1 Å². The predicted molar refractivity (Wildman–Crippen MR) is 189 cm³/mol. The summed E-state index contributed by atoms with van der Waals surface area (Å²) in [6, 6.07) is 35.7. The van der Waals surface area contributed by atoms with Gasteiger partial charge >= 0.3 is 245 Å². The number of benzene rings is 4. The van der Waals surface area contributed by atoms with Crippen molar-refractivity contribution < 1.29 is 17.1 Å². The van der Waals surface area contributed by atoms with Gasteiger partial charge < -0.3 is 0 Å². The van der Waals surface area contributed by atoms with Crippen molar-refractivity contribution in [3.05, 3.63) is 135 Å². The third kappa shape index (κ3) is 5.01. The molecule has 0 nitrogen and oxygen atoms in total. The Morgan fingerprint density at radius 3 is 1.69 bits per heavy atom. The summed E-state index contributed by atoms with van der Waals surface area (Å²) < 4.78 is 6.42. The summed E-state index contributed by atoms with van der Waals surface area (Å²) in [7, 11) is 0. The number of hydrogen-bond donors (Lipinski definition) is 0. The minimum Gasteiger partial charge on any atom is -0.147 e. The zero-order valence-electron chi connectivity index (χ0n) is 25.8. The Labute approximate surface area is 268 Å². The average Bonchev–Trinajstić information content (AvgIpc) is 3.61. The second kappa shape index (κ2) is 11.5. The van der Waals surface area contributed by atoms with Crippen molar-refractivity contribution in [2.24, 2.45) is 0 Å².